The summed E-state index contributed by atoms with van der Waals surface area (Å²) in [6, 6.07) is 0. The molecule has 0 aromatic rings. The van der Waals surface area contributed by atoms with Crippen molar-refractivity contribution in [1.29, 1.82) is 0 Å². The largest absolute Gasteiger partial charge is 0.481 e. The Bertz CT molecular complexity index is 867. The van der Waals surface area contributed by atoms with E-state index in [1.165, 1.54) is 0 Å². The normalized spacial score (nSPS) is 41.6. The van der Waals surface area contributed by atoms with E-state index in [1.54, 1.807) is 12.2 Å². The van der Waals surface area contributed by atoms with Gasteiger partial charge < -0.3 is 15.3 Å². The number of aliphatic hydroxyl groups is 2. The topological polar surface area (TPSA) is 112 Å². The van der Waals surface area contributed by atoms with Crippen molar-refractivity contribution in [2.24, 2.45) is 28.6 Å². The van der Waals surface area contributed by atoms with Gasteiger partial charge in [0.15, 0.2) is 11.6 Å². The van der Waals surface area contributed by atoms with Crippen molar-refractivity contribution >= 4 is 17.5 Å². The maximum Gasteiger partial charge on any atom is 0.306 e. The van der Waals surface area contributed by atoms with Gasteiger partial charge in [-0.3, -0.25) is 14.4 Å². The van der Waals surface area contributed by atoms with Crippen molar-refractivity contribution in [2.45, 2.75) is 58.2 Å². The van der Waals surface area contributed by atoms with E-state index in [0.29, 0.717) is 18.4 Å². The smallest absolute Gasteiger partial charge is 0.306 e. The van der Waals surface area contributed by atoms with Gasteiger partial charge in [-0.25, -0.2) is 0 Å². The molecule has 0 amide bonds. The SMILES string of the molecule is C[C@]12C=CC(=O)C=C1CC[C@@H]1[C@@H]2[C@@H](O)C[C@]2(C)C(C(=O)C(O)CC(=O)O)=CC[C@@H]12. The van der Waals surface area contributed by atoms with Crippen molar-refractivity contribution in [2.75, 3.05) is 0 Å². The fraction of sp³-hybridized carbons (Fsp3) is 0.609. The number of ketones is 2. The molecule has 0 bridgehead atoms. The third kappa shape index (κ3) is 2.96. The lowest BCUT2D eigenvalue weighted by atomic mass is 9.46. The Labute approximate surface area is 170 Å². The fourth-order valence-electron chi connectivity index (χ4n) is 6.71. The third-order valence-electron chi connectivity index (χ3n) is 8.01. The number of hydrogen-bond acceptors (Lipinski definition) is 5. The first-order valence-corrected chi connectivity index (χ1v) is 10.3. The summed E-state index contributed by atoms with van der Waals surface area (Å²) in [7, 11) is 0. The van der Waals surface area contributed by atoms with Gasteiger partial charge in [0, 0.05) is 22.3 Å². The van der Waals surface area contributed by atoms with Crippen LogP contribution in [0.15, 0.2) is 35.5 Å². The molecule has 0 heterocycles. The molecular weight excluding hydrogens is 372 g/mol. The van der Waals surface area contributed by atoms with Gasteiger partial charge in [-0.05, 0) is 49.7 Å². The van der Waals surface area contributed by atoms with E-state index in [4.69, 9.17) is 5.11 Å². The summed E-state index contributed by atoms with van der Waals surface area (Å²) in [5, 5.41) is 30.2. The maximum absolute atomic E-state index is 12.8. The highest BCUT2D eigenvalue weighted by Crippen LogP contribution is 2.64. The lowest BCUT2D eigenvalue weighted by Crippen LogP contribution is -2.56. The van der Waals surface area contributed by atoms with Crippen LogP contribution in [0.5, 0.6) is 0 Å². The van der Waals surface area contributed by atoms with Crippen LogP contribution in [0.25, 0.3) is 0 Å². The summed E-state index contributed by atoms with van der Waals surface area (Å²) in [5.74, 6) is -1.45. The molecule has 29 heavy (non-hydrogen) atoms. The minimum absolute atomic E-state index is 0.00565. The molecule has 6 heteroatoms. The van der Waals surface area contributed by atoms with Crippen molar-refractivity contribution in [1.82, 2.24) is 0 Å². The summed E-state index contributed by atoms with van der Waals surface area (Å²) in [6.07, 6.45) is 6.97. The molecule has 0 saturated heterocycles. The van der Waals surface area contributed by atoms with Crippen LogP contribution in [-0.4, -0.2) is 45.1 Å². The van der Waals surface area contributed by atoms with Crippen molar-refractivity contribution in [3.63, 3.8) is 0 Å². The minimum Gasteiger partial charge on any atom is -0.481 e. The van der Waals surface area contributed by atoms with Crippen LogP contribution in [0.4, 0.5) is 0 Å². The summed E-state index contributed by atoms with van der Waals surface area (Å²) < 4.78 is 0. The number of carboxylic acids is 1. The number of aliphatic hydroxyl groups excluding tert-OH is 2. The summed E-state index contributed by atoms with van der Waals surface area (Å²) >= 11 is 0. The van der Waals surface area contributed by atoms with E-state index in [1.807, 2.05) is 19.1 Å². The Balaban J connectivity index is 1.64. The highest BCUT2D eigenvalue weighted by Gasteiger charge is 2.60. The van der Waals surface area contributed by atoms with Crippen LogP contribution in [0, 0.1) is 28.6 Å². The Hall–Kier alpha value is -2.05. The van der Waals surface area contributed by atoms with Crippen molar-refractivity contribution < 1.29 is 29.7 Å². The second-order valence-electron chi connectivity index (χ2n) is 9.54. The molecule has 0 aliphatic heterocycles. The summed E-state index contributed by atoms with van der Waals surface area (Å²) in [4.78, 5) is 35.6. The predicted octanol–water partition coefficient (Wildman–Crippen LogP) is 2.21. The Kier molecular flexibility index (Phi) is 4.70. The van der Waals surface area contributed by atoms with Gasteiger partial charge >= 0.3 is 5.97 Å². The van der Waals surface area contributed by atoms with E-state index in [2.05, 4.69) is 6.92 Å². The average Bonchev–Trinajstić information content (AvgIpc) is 2.97. The van der Waals surface area contributed by atoms with Gasteiger partial charge in [-0.2, -0.15) is 0 Å². The standard InChI is InChI=1S/C23H28O6/c1-22-8-7-13(24)9-12(22)3-4-14-15-5-6-16(21(29)17(25)10-19(27)28)23(15,2)11-18(26)20(14)22/h6-9,14-15,17-18,20,25-26H,3-5,10-11H2,1-2H3,(H,27,28)/t14-,15-,17?,18-,20+,22-,23-/m0/s1. The number of aliphatic carboxylic acids is 1. The molecule has 0 aromatic carbocycles. The number of hydrogen-bond donors (Lipinski definition) is 3. The van der Waals surface area contributed by atoms with E-state index in [-0.39, 0.29) is 29.0 Å². The number of carbonyl (C=O) groups is 3. The highest BCUT2D eigenvalue weighted by molar-refractivity contribution is 6.02. The van der Waals surface area contributed by atoms with E-state index in [0.717, 1.165) is 18.4 Å². The van der Waals surface area contributed by atoms with E-state index in [9.17, 15) is 24.6 Å². The van der Waals surface area contributed by atoms with Crippen molar-refractivity contribution in [3.05, 3.63) is 35.5 Å². The first-order chi connectivity index (χ1) is 13.6. The number of rotatable bonds is 4. The minimum atomic E-state index is -1.56. The third-order valence-corrected chi connectivity index (χ3v) is 8.01. The molecule has 4 aliphatic carbocycles. The Morgan fingerprint density at radius 1 is 1.31 bits per heavy atom. The predicted molar refractivity (Wildman–Crippen MR) is 105 cm³/mol. The number of Topliss-reactive ketones (excluding diaryl/α,β-unsaturated/α-hetero) is 1. The van der Waals surface area contributed by atoms with Crippen LogP contribution in [0.2, 0.25) is 0 Å². The molecule has 156 valence electrons. The molecule has 0 aromatic heterocycles. The van der Waals surface area contributed by atoms with Gasteiger partial charge in [-0.1, -0.05) is 31.6 Å². The van der Waals surface area contributed by atoms with Crippen LogP contribution < -0.4 is 0 Å². The molecule has 1 unspecified atom stereocenters. The monoisotopic (exact) mass is 400 g/mol. The molecule has 0 spiro atoms. The zero-order valence-electron chi connectivity index (χ0n) is 16.8. The number of carboxylic acid groups (broad SMARTS) is 1. The second-order valence-corrected chi connectivity index (χ2v) is 9.54. The quantitative estimate of drug-likeness (QED) is 0.667. The highest BCUT2D eigenvalue weighted by atomic mass is 16.4. The lowest BCUT2D eigenvalue weighted by Gasteiger charge is -2.58. The number of carbonyl (C=O) groups excluding carboxylic acids is 2. The first-order valence-electron chi connectivity index (χ1n) is 10.3. The molecule has 0 radical (unpaired) electrons. The molecular formula is C23H28O6. The second kappa shape index (κ2) is 6.74. The van der Waals surface area contributed by atoms with Crippen molar-refractivity contribution in [3.8, 4) is 0 Å². The Morgan fingerprint density at radius 3 is 2.72 bits per heavy atom. The van der Waals surface area contributed by atoms with Gasteiger partial charge in [0.1, 0.15) is 6.10 Å². The number of fused-ring (bicyclic) bond motifs is 5. The molecule has 4 rings (SSSR count). The number of allylic oxidation sites excluding steroid dienone is 5. The average molecular weight is 400 g/mol. The summed E-state index contributed by atoms with van der Waals surface area (Å²) in [5.41, 5.74) is 0.596. The van der Waals surface area contributed by atoms with Gasteiger partial charge in [-0.15, -0.1) is 0 Å². The zero-order chi connectivity index (χ0) is 21.1. The molecule has 4 aliphatic rings. The Morgan fingerprint density at radius 2 is 2.03 bits per heavy atom. The molecule has 3 N–H and O–H groups in total. The van der Waals surface area contributed by atoms with Crippen LogP contribution in [-0.2, 0) is 14.4 Å². The van der Waals surface area contributed by atoms with Gasteiger partial charge in [0.25, 0.3) is 0 Å². The molecule has 2 saturated carbocycles. The van der Waals surface area contributed by atoms with Gasteiger partial charge in [0.2, 0.25) is 0 Å². The summed E-state index contributed by atoms with van der Waals surface area (Å²) in [6.45, 7) is 4.06. The van der Waals surface area contributed by atoms with Crippen LogP contribution in [0.1, 0.15) is 46.0 Å². The van der Waals surface area contributed by atoms with Gasteiger partial charge in [0.05, 0.1) is 12.5 Å². The first kappa shape index (κ1) is 20.2. The van der Waals surface area contributed by atoms with E-state index >= 15 is 0 Å². The zero-order valence-corrected chi connectivity index (χ0v) is 16.8. The molecule has 2 fully saturated rings. The van der Waals surface area contributed by atoms with E-state index < -0.39 is 35.8 Å². The maximum atomic E-state index is 12.8. The molecule has 6 nitrogen and oxygen atoms in total. The molecule has 7 atom stereocenters. The lowest BCUT2D eigenvalue weighted by molar-refractivity contribution is -0.143. The van der Waals surface area contributed by atoms with Crippen LogP contribution >= 0.6 is 0 Å². The fourth-order valence-corrected chi connectivity index (χ4v) is 6.71. The van der Waals surface area contributed by atoms with Crippen LogP contribution in [0.3, 0.4) is 0 Å².